The van der Waals surface area contributed by atoms with E-state index in [1.54, 1.807) is 0 Å². The molecule has 0 aromatic heterocycles. The van der Waals surface area contributed by atoms with Gasteiger partial charge >= 0.3 is 0 Å². The lowest BCUT2D eigenvalue weighted by Crippen LogP contribution is -2.48. The van der Waals surface area contributed by atoms with Crippen LogP contribution in [0, 0.1) is 0 Å². The predicted octanol–water partition coefficient (Wildman–Crippen LogP) is 4.02. The van der Waals surface area contributed by atoms with Crippen molar-refractivity contribution in [3.8, 4) is 0 Å². The van der Waals surface area contributed by atoms with E-state index < -0.39 is 13.4 Å². The van der Waals surface area contributed by atoms with Gasteiger partial charge in [0.25, 0.3) is 5.97 Å². The van der Waals surface area contributed by atoms with Gasteiger partial charge in [0.15, 0.2) is 13.7 Å². The highest BCUT2D eigenvalue weighted by atomic mass is 35.6. The van der Waals surface area contributed by atoms with Crippen molar-refractivity contribution in [2.24, 2.45) is 0 Å². The summed E-state index contributed by atoms with van der Waals surface area (Å²) in [5.74, 6) is -0.949. The third kappa shape index (κ3) is 5.28. The molecule has 1 fully saturated rings. The molecule has 0 saturated carbocycles. The third-order valence-corrected chi connectivity index (χ3v) is 6.27. The fourth-order valence-electron chi connectivity index (χ4n) is 2.25. The summed E-state index contributed by atoms with van der Waals surface area (Å²) in [4.78, 5) is 0. The van der Waals surface area contributed by atoms with Gasteiger partial charge in [-0.05, 0) is 19.3 Å². The Morgan fingerprint density at radius 1 is 1.15 bits per heavy atom. The summed E-state index contributed by atoms with van der Waals surface area (Å²) in [6, 6.07) is 0. The highest BCUT2D eigenvalue weighted by Crippen LogP contribution is 2.29. The maximum atomic E-state index is 6.51. The van der Waals surface area contributed by atoms with E-state index in [-0.39, 0.29) is 12.0 Å². The van der Waals surface area contributed by atoms with Crippen LogP contribution < -0.4 is 0 Å². The Balaban J connectivity index is 2.65. The monoisotopic (exact) mass is 324 g/mol. The molecule has 2 atom stereocenters. The van der Waals surface area contributed by atoms with E-state index in [0.29, 0.717) is 19.6 Å². The van der Waals surface area contributed by atoms with Crippen molar-refractivity contribution in [3.05, 3.63) is 0 Å². The van der Waals surface area contributed by atoms with Crippen LogP contribution in [-0.2, 0) is 18.9 Å². The van der Waals surface area contributed by atoms with Gasteiger partial charge in [0, 0.05) is 6.42 Å². The minimum Gasteiger partial charge on any atom is -0.351 e. The van der Waals surface area contributed by atoms with E-state index in [1.165, 1.54) is 0 Å². The average molecular weight is 325 g/mol. The zero-order valence-corrected chi connectivity index (χ0v) is 15.2. The van der Waals surface area contributed by atoms with Crippen LogP contribution in [0.5, 0.6) is 0 Å². The standard InChI is InChI=1S/C14H29ClO4Si/c1-6-12(18-13(7-2)20(4,5)15)19-14(8-3)16-10-9-11-17-14/h12-13H,6-11H2,1-5H3. The Kier molecular flexibility index (Phi) is 7.45. The van der Waals surface area contributed by atoms with E-state index in [0.717, 1.165) is 19.3 Å². The second-order valence-electron chi connectivity index (χ2n) is 5.64. The fraction of sp³-hybridized carbons (Fsp3) is 1.00. The molecule has 2 unspecified atom stereocenters. The molecule has 0 bridgehead atoms. The predicted molar refractivity (Wildman–Crippen MR) is 83.2 cm³/mol. The summed E-state index contributed by atoms with van der Waals surface area (Å²) < 4.78 is 23.5. The largest absolute Gasteiger partial charge is 0.351 e. The number of halogens is 1. The van der Waals surface area contributed by atoms with Gasteiger partial charge in [0.2, 0.25) is 0 Å². The highest BCUT2D eigenvalue weighted by molar-refractivity contribution is 7.19. The third-order valence-electron chi connectivity index (χ3n) is 3.46. The zero-order valence-electron chi connectivity index (χ0n) is 13.4. The van der Waals surface area contributed by atoms with Crippen LogP contribution in [0.4, 0.5) is 0 Å². The van der Waals surface area contributed by atoms with Gasteiger partial charge in [-0.2, -0.15) is 11.1 Å². The number of ether oxygens (including phenoxy) is 4. The second kappa shape index (κ2) is 8.10. The molecule has 0 radical (unpaired) electrons. The molecule has 20 heavy (non-hydrogen) atoms. The highest BCUT2D eigenvalue weighted by Gasteiger charge is 2.39. The molecule has 120 valence electrons. The number of hydrogen-bond donors (Lipinski definition) is 0. The van der Waals surface area contributed by atoms with E-state index in [4.69, 9.17) is 30.0 Å². The van der Waals surface area contributed by atoms with E-state index >= 15 is 0 Å². The Hall–Kier alpha value is 0.347. The van der Waals surface area contributed by atoms with Gasteiger partial charge < -0.3 is 14.2 Å². The van der Waals surface area contributed by atoms with Gasteiger partial charge in [0.1, 0.15) is 0 Å². The van der Waals surface area contributed by atoms with Gasteiger partial charge in [0.05, 0.1) is 18.9 Å². The molecule has 6 heteroatoms. The molecule has 0 amide bonds. The van der Waals surface area contributed by atoms with Crippen LogP contribution >= 0.6 is 11.1 Å². The normalized spacial score (nSPS) is 22.5. The van der Waals surface area contributed by atoms with Gasteiger partial charge in [-0.3, -0.25) is 4.74 Å². The maximum Gasteiger partial charge on any atom is 0.284 e. The van der Waals surface area contributed by atoms with E-state index in [9.17, 15) is 0 Å². The molecule has 1 heterocycles. The van der Waals surface area contributed by atoms with Crippen molar-refractivity contribution in [1.29, 1.82) is 0 Å². The summed E-state index contributed by atoms with van der Waals surface area (Å²) in [7, 11) is -1.88. The molecule has 1 rings (SSSR count). The van der Waals surface area contributed by atoms with Gasteiger partial charge in [-0.1, -0.05) is 33.9 Å². The summed E-state index contributed by atoms with van der Waals surface area (Å²) >= 11 is 6.51. The lowest BCUT2D eigenvalue weighted by molar-refractivity contribution is -0.435. The van der Waals surface area contributed by atoms with Crippen molar-refractivity contribution in [3.63, 3.8) is 0 Å². The fourth-order valence-corrected chi connectivity index (χ4v) is 4.31. The first kappa shape index (κ1) is 18.4. The van der Waals surface area contributed by atoms with Crippen LogP contribution in [0.1, 0.15) is 46.5 Å². The van der Waals surface area contributed by atoms with Crippen LogP contribution in [-0.4, -0.2) is 38.6 Å². The molecular weight excluding hydrogens is 296 g/mol. The summed E-state index contributed by atoms with van der Waals surface area (Å²) in [6.07, 6.45) is 2.84. The van der Waals surface area contributed by atoms with Crippen molar-refractivity contribution < 1.29 is 18.9 Å². The first-order valence-corrected chi connectivity index (χ1v) is 11.8. The lowest BCUT2D eigenvalue weighted by Gasteiger charge is -2.39. The van der Waals surface area contributed by atoms with E-state index in [1.807, 2.05) is 13.8 Å². The van der Waals surface area contributed by atoms with Crippen molar-refractivity contribution in [2.75, 3.05) is 13.2 Å². The number of hydrogen-bond acceptors (Lipinski definition) is 4. The first-order chi connectivity index (χ1) is 9.37. The van der Waals surface area contributed by atoms with Crippen LogP contribution in [0.15, 0.2) is 0 Å². The Bertz CT molecular complexity index is 277. The van der Waals surface area contributed by atoms with Crippen molar-refractivity contribution >= 4 is 18.5 Å². The minimum atomic E-state index is -1.88. The number of rotatable bonds is 8. The van der Waals surface area contributed by atoms with Gasteiger partial charge in [-0.15, -0.1) is 0 Å². The summed E-state index contributed by atoms with van der Waals surface area (Å²) in [5.41, 5.74) is 0.0617. The first-order valence-electron chi connectivity index (χ1n) is 7.67. The van der Waals surface area contributed by atoms with Crippen molar-refractivity contribution in [2.45, 2.75) is 77.5 Å². The maximum absolute atomic E-state index is 6.51. The van der Waals surface area contributed by atoms with Crippen LogP contribution in [0.25, 0.3) is 0 Å². The molecule has 0 aromatic rings. The smallest absolute Gasteiger partial charge is 0.284 e. The molecule has 0 spiro atoms. The topological polar surface area (TPSA) is 36.9 Å². The SMILES string of the molecule is CCC(OC(CC)[Si](C)(C)Cl)OC1(CC)OCCCO1. The van der Waals surface area contributed by atoms with Gasteiger partial charge in [-0.25, -0.2) is 0 Å². The van der Waals surface area contributed by atoms with E-state index in [2.05, 4.69) is 20.0 Å². The zero-order chi connectivity index (χ0) is 15.2. The Morgan fingerprint density at radius 2 is 1.75 bits per heavy atom. The molecular formula is C14H29ClO4Si. The quantitative estimate of drug-likeness (QED) is 0.384. The molecule has 1 saturated heterocycles. The molecule has 0 N–H and O–H groups in total. The molecule has 1 aliphatic rings. The average Bonchev–Trinajstić information content (AvgIpc) is 2.43. The van der Waals surface area contributed by atoms with Crippen LogP contribution in [0.3, 0.4) is 0 Å². The molecule has 4 nitrogen and oxygen atoms in total. The lowest BCUT2D eigenvalue weighted by atomic mass is 10.3. The summed E-state index contributed by atoms with van der Waals surface area (Å²) in [6.45, 7) is 11.6. The molecule has 1 aliphatic heterocycles. The minimum absolute atomic E-state index is 0.0617. The Morgan fingerprint density at radius 3 is 2.15 bits per heavy atom. The summed E-state index contributed by atoms with van der Waals surface area (Å²) in [5, 5.41) is 0. The molecule has 0 aliphatic carbocycles. The Labute approximate surface area is 128 Å². The van der Waals surface area contributed by atoms with Crippen LogP contribution in [0.2, 0.25) is 13.1 Å². The van der Waals surface area contributed by atoms with Crippen molar-refractivity contribution in [1.82, 2.24) is 0 Å². The second-order valence-corrected chi connectivity index (χ2v) is 12.3. The molecule has 0 aromatic carbocycles.